The quantitative estimate of drug-likeness (QED) is 0.909. The molecule has 4 heteroatoms. The van der Waals surface area contributed by atoms with E-state index in [1.54, 1.807) is 0 Å². The Bertz CT molecular complexity index is 540. The SMILES string of the molecule is CN(C)c1ncccc1CNCc1cccc(Cl)c1. The van der Waals surface area contributed by atoms with Gasteiger partial charge in [-0.05, 0) is 23.8 Å². The number of rotatable bonds is 5. The average Bonchev–Trinajstić information content (AvgIpc) is 2.39. The van der Waals surface area contributed by atoms with Gasteiger partial charge in [0.2, 0.25) is 0 Å². The third-order valence-corrected chi connectivity index (χ3v) is 3.06. The van der Waals surface area contributed by atoms with Crippen LogP contribution >= 0.6 is 11.6 Å². The maximum Gasteiger partial charge on any atom is 0.132 e. The fraction of sp³-hybridized carbons (Fsp3) is 0.267. The third kappa shape index (κ3) is 3.94. The van der Waals surface area contributed by atoms with Crippen molar-refractivity contribution in [1.29, 1.82) is 0 Å². The first kappa shape index (κ1) is 13.8. The lowest BCUT2D eigenvalue weighted by Crippen LogP contribution is -2.18. The van der Waals surface area contributed by atoms with Crippen molar-refractivity contribution in [1.82, 2.24) is 10.3 Å². The largest absolute Gasteiger partial charge is 0.362 e. The number of hydrogen-bond acceptors (Lipinski definition) is 3. The summed E-state index contributed by atoms with van der Waals surface area (Å²) in [4.78, 5) is 6.41. The van der Waals surface area contributed by atoms with Crippen molar-refractivity contribution in [3.8, 4) is 0 Å². The van der Waals surface area contributed by atoms with Crippen LogP contribution in [0.2, 0.25) is 5.02 Å². The van der Waals surface area contributed by atoms with Gasteiger partial charge < -0.3 is 10.2 Å². The molecule has 2 rings (SSSR count). The lowest BCUT2D eigenvalue weighted by molar-refractivity contribution is 0.690. The molecule has 100 valence electrons. The van der Waals surface area contributed by atoms with Crippen molar-refractivity contribution in [3.63, 3.8) is 0 Å². The Morgan fingerprint density at radius 2 is 2.00 bits per heavy atom. The van der Waals surface area contributed by atoms with Crippen LogP contribution < -0.4 is 10.2 Å². The summed E-state index contributed by atoms with van der Waals surface area (Å²) < 4.78 is 0. The van der Waals surface area contributed by atoms with E-state index in [0.717, 1.165) is 23.9 Å². The van der Waals surface area contributed by atoms with E-state index in [1.165, 1.54) is 11.1 Å². The molecular formula is C15H18ClN3. The Hall–Kier alpha value is -1.58. The van der Waals surface area contributed by atoms with E-state index in [0.29, 0.717) is 0 Å². The predicted octanol–water partition coefficient (Wildman–Crippen LogP) is 3.09. The van der Waals surface area contributed by atoms with Gasteiger partial charge in [-0.3, -0.25) is 0 Å². The highest BCUT2D eigenvalue weighted by Gasteiger charge is 2.04. The van der Waals surface area contributed by atoms with Crippen LogP contribution in [0, 0.1) is 0 Å². The fourth-order valence-corrected chi connectivity index (χ4v) is 2.17. The van der Waals surface area contributed by atoms with E-state index >= 15 is 0 Å². The molecule has 0 aliphatic heterocycles. The van der Waals surface area contributed by atoms with Gasteiger partial charge in [-0.1, -0.05) is 29.8 Å². The predicted molar refractivity (Wildman–Crippen MR) is 80.6 cm³/mol. The number of halogens is 1. The van der Waals surface area contributed by atoms with E-state index in [9.17, 15) is 0 Å². The summed E-state index contributed by atoms with van der Waals surface area (Å²) in [5, 5.41) is 4.19. The Morgan fingerprint density at radius 1 is 1.16 bits per heavy atom. The van der Waals surface area contributed by atoms with E-state index < -0.39 is 0 Å². The van der Waals surface area contributed by atoms with Gasteiger partial charge in [-0.15, -0.1) is 0 Å². The van der Waals surface area contributed by atoms with Gasteiger partial charge in [0, 0.05) is 44.0 Å². The average molecular weight is 276 g/mol. The lowest BCUT2D eigenvalue weighted by Gasteiger charge is -2.16. The second-order valence-electron chi connectivity index (χ2n) is 4.61. The highest BCUT2D eigenvalue weighted by Crippen LogP contribution is 2.14. The first-order valence-electron chi connectivity index (χ1n) is 6.23. The van der Waals surface area contributed by atoms with Crippen LogP contribution in [0.4, 0.5) is 5.82 Å². The van der Waals surface area contributed by atoms with Crippen molar-refractivity contribution >= 4 is 17.4 Å². The molecule has 0 aliphatic carbocycles. The molecule has 0 fully saturated rings. The minimum absolute atomic E-state index is 0.773. The van der Waals surface area contributed by atoms with Crippen LogP contribution in [0.25, 0.3) is 0 Å². The molecule has 0 amide bonds. The van der Waals surface area contributed by atoms with Gasteiger partial charge in [-0.2, -0.15) is 0 Å². The van der Waals surface area contributed by atoms with E-state index in [1.807, 2.05) is 49.5 Å². The molecule has 1 aromatic carbocycles. The Labute approximate surface area is 119 Å². The van der Waals surface area contributed by atoms with Crippen molar-refractivity contribution in [2.24, 2.45) is 0 Å². The topological polar surface area (TPSA) is 28.2 Å². The van der Waals surface area contributed by atoms with Gasteiger partial charge >= 0.3 is 0 Å². The molecule has 1 aromatic heterocycles. The molecule has 0 saturated carbocycles. The number of hydrogen-bond donors (Lipinski definition) is 1. The summed E-state index contributed by atoms with van der Waals surface area (Å²) in [5.74, 6) is 1.00. The highest BCUT2D eigenvalue weighted by molar-refractivity contribution is 6.30. The summed E-state index contributed by atoms with van der Waals surface area (Å²) >= 11 is 5.96. The van der Waals surface area contributed by atoms with Crippen molar-refractivity contribution < 1.29 is 0 Å². The van der Waals surface area contributed by atoms with Crippen LogP contribution in [0.15, 0.2) is 42.6 Å². The van der Waals surface area contributed by atoms with Gasteiger partial charge in [0.15, 0.2) is 0 Å². The van der Waals surface area contributed by atoms with Crippen molar-refractivity contribution in [3.05, 3.63) is 58.7 Å². The number of nitrogens with zero attached hydrogens (tertiary/aromatic N) is 2. The molecule has 1 heterocycles. The van der Waals surface area contributed by atoms with Crippen molar-refractivity contribution in [2.75, 3.05) is 19.0 Å². The maximum absolute atomic E-state index is 5.96. The molecule has 19 heavy (non-hydrogen) atoms. The fourth-order valence-electron chi connectivity index (χ4n) is 1.96. The van der Waals surface area contributed by atoms with Crippen LogP contribution in [0.5, 0.6) is 0 Å². The zero-order valence-corrected chi connectivity index (χ0v) is 12.0. The Balaban J connectivity index is 1.96. The maximum atomic E-state index is 5.96. The van der Waals surface area contributed by atoms with Crippen LogP contribution in [0.3, 0.4) is 0 Å². The van der Waals surface area contributed by atoms with Crippen molar-refractivity contribution in [2.45, 2.75) is 13.1 Å². The Kier molecular flexibility index (Phi) is 4.77. The monoisotopic (exact) mass is 275 g/mol. The number of pyridine rings is 1. The van der Waals surface area contributed by atoms with Gasteiger partial charge in [0.1, 0.15) is 5.82 Å². The summed E-state index contributed by atoms with van der Waals surface area (Å²) in [5.41, 5.74) is 2.37. The number of aromatic nitrogens is 1. The first-order valence-corrected chi connectivity index (χ1v) is 6.61. The number of nitrogens with one attached hydrogen (secondary N) is 1. The van der Waals surface area contributed by atoms with Crippen LogP contribution in [-0.4, -0.2) is 19.1 Å². The first-order chi connectivity index (χ1) is 9.16. The summed E-state index contributed by atoms with van der Waals surface area (Å²) in [6.45, 7) is 1.58. The molecule has 3 nitrogen and oxygen atoms in total. The second-order valence-corrected chi connectivity index (χ2v) is 5.05. The molecule has 1 N–H and O–H groups in total. The molecule has 0 unspecified atom stereocenters. The molecule has 0 atom stereocenters. The highest BCUT2D eigenvalue weighted by atomic mass is 35.5. The molecular weight excluding hydrogens is 258 g/mol. The second kappa shape index (κ2) is 6.55. The van der Waals surface area contributed by atoms with Crippen LogP contribution in [0.1, 0.15) is 11.1 Å². The van der Waals surface area contributed by atoms with E-state index in [4.69, 9.17) is 11.6 Å². The van der Waals surface area contributed by atoms with Gasteiger partial charge in [-0.25, -0.2) is 4.98 Å². The summed E-state index contributed by atoms with van der Waals surface area (Å²) in [6, 6.07) is 11.9. The summed E-state index contributed by atoms with van der Waals surface area (Å²) in [7, 11) is 4.01. The van der Waals surface area contributed by atoms with Crippen LogP contribution in [-0.2, 0) is 13.1 Å². The zero-order chi connectivity index (χ0) is 13.7. The number of benzene rings is 1. The van der Waals surface area contributed by atoms with Gasteiger partial charge in [0.25, 0.3) is 0 Å². The standard InChI is InChI=1S/C15H18ClN3/c1-19(2)15-13(6-4-8-18-15)11-17-10-12-5-3-7-14(16)9-12/h3-9,17H,10-11H2,1-2H3. The number of anilines is 1. The smallest absolute Gasteiger partial charge is 0.132 e. The minimum atomic E-state index is 0.773. The molecule has 0 radical (unpaired) electrons. The Morgan fingerprint density at radius 3 is 2.74 bits per heavy atom. The molecule has 0 spiro atoms. The lowest BCUT2D eigenvalue weighted by atomic mass is 10.2. The molecule has 0 saturated heterocycles. The van der Waals surface area contributed by atoms with Gasteiger partial charge in [0.05, 0.1) is 0 Å². The zero-order valence-electron chi connectivity index (χ0n) is 11.2. The minimum Gasteiger partial charge on any atom is -0.362 e. The normalized spacial score (nSPS) is 10.5. The van der Waals surface area contributed by atoms with E-state index in [-0.39, 0.29) is 0 Å². The molecule has 0 bridgehead atoms. The molecule has 2 aromatic rings. The van der Waals surface area contributed by atoms with E-state index in [2.05, 4.69) is 22.4 Å². The summed E-state index contributed by atoms with van der Waals surface area (Å²) in [6.07, 6.45) is 1.82. The third-order valence-electron chi connectivity index (χ3n) is 2.82. The molecule has 0 aliphatic rings.